The van der Waals surface area contributed by atoms with Gasteiger partial charge in [0.05, 0.1) is 0 Å². The van der Waals surface area contributed by atoms with Crippen LogP contribution in [0.15, 0.2) is 43.0 Å². The second-order valence-corrected chi connectivity index (χ2v) is 6.20. The van der Waals surface area contributed by atoms with Crippen LogP contribution in [-0.2, 0) is 11.8 Å². The highest BCUT2D eigenvalue weighted by Crippen LogP contribution is 2.23. The number of carbonyl (C=O) groups is 1. The van der Waals surface area contributed by atoms with Crippen LogP contribution >= 0.6 is 0 Å². The van der Waals surface area contributed by atoms with Crippen LogP contribution in [0, 0.1) is 0 Å². The van der Waals surface area contributed by atoms with E-state index in [0.717, 1.165) is 11.3 Å². The number of amides is 2. The number of urea groups is 1. The number of nitrogens with one attached hydrogen (secondary N) is 2. The van der Waals surface area contributed by atoms with Crippen LogP contribution in [0.5, 0.6) is 0 Å². The van der Waals surface area contributed by atoms with Gasteiger partial charge in [0.1, 0.15) is 6.33 Å². The Morgan fingerprint density at radius 2 is 1.73 bits per heavy atom. The molecule has 0 fully saturated rings. The average Bonchev–Trinajstić information content (AvgIpc) is 2.48. The third kappa shape index (κ3) is 4.84. The number of benzene rings is 1. The fourth-order valence-corrected chi connectivity index (χ4v) is 2.01. The second-order valence-electron chi connectivity index (χ2n) is 6.20. The van der Waals surface area contributed by atoms with E-state index in [9.17, 15) is 4.79 Å². The summed E-state index contributed by atoms with van der Waals surface area (Å²) in [6.07, 6.45) is 5.69. The molecule has 2 aromatic rings. The van der Waals surface area contributed by atoms with Crippen LogP contribution < -0.4 is 10.6 Å². The lowest BCUT2D eigenvalue weighted by Crippen LogP contribution is -2.30. The molecule has 22 heavy (non-hydrogen) atoms. The Morgan fingerprint density at radius 3 is 2.32 bits per heavy atom. The third-order valence-corrected chi connectivity index (χ3v) is 3.32. The molecule has 0 saturated heterocycles. The SMILES string of the molecule is CC(C)(C)c1ccc(NC(=O)NCCc2cncnc2)cc1. The Kier molecular flexibility index (Phi) is 5.09. The van der Waals surface area contributed by atoms with Crippen molar-refractivity contribution in [1.82, 2.24) is 15.3 Å². The van der Waals surface area contributed by atoms with Gasteiger partial charge in [0.2, 0.25) is 0 Å². The molecular formula is C17H22N4O. The molecule has 0 spiro atoms. The molecule has 0 bridgehead atoms. The summed E-state index contributed by atoms with van der Waals surface area (Å²) in [5.74, 6) is 0. The zero-order chi connectivity index (χ0) is 16.0. The van der Waals surface area contributed by atoms with Gasteiger partial charge in [-0.2, -0.15) is 0 Å². The van der Waals surface area contributed by atoms with E-state index in [1.165, 1.54) is 11.9 Å². The number of hydrogen-bond donors (Lipinski definition) is 2. The summed E-state index contributed by atoms with van der Waals surface area (Å²) in [5, 5.41) is 5.64. The fourth-order valence-electron chi connectivity index (χ4n) is 2.01. The second kappa shape index (κ2) is 7.02. The van der Waals surface area contributed by atoms with Gasteiger partial charge in [0.15, 0.2) is 0 Å². The molecule has 0 aliphatic heterocycles. The first-order chi connectivity index (χ1) is 10.4. The van der Waals surface area contributed by atoms with Gasteiger partial charge in [-0.3, -0.25) is 0 Å². The van der Waals surface area contributed by atoms with Crippen LogP contribution in [0.1, 0.15) is 31.9 Å². The van der Waals surface area contributed by atoms with Crippen molar-refractivity contribution in [3.63, 3.8) is 0 Å². The van der Waals surface area contributed by atoms with Crippen molar-refractivity contribution in [2.75, 3.05) is 11.9 Å². The molecule has 5 heteroatoms. The van der Waals surface area contributed by atoms with Crippen molar-refractivity contribution in [2.24, 2.45) is 0 Å². The van der Waals surface area contributed by atoms with Gasteiger partial charge in [-0.05, 0) is 35.1 Å². The van der Waals surface area contributed by atoms with Crippen molar-refractivity contribution in [3.8, 4) is 0 Å². The molecule has 116 valence electrons. The summed E-state index contributed by atoms with van der Waals surface area (Å²) in [4.78, 5) is 19.7. The first-order valence-electron chi connectivity index (χ1n) is 7.34. The molecule has 0 unspecified atom stereocenters. The molecule has 2 N–H and O–H groups in total. The van der Waals surface area contributed by atoms with Crippen LogP contribution in [-0.4, -0.2) is 22.5 Å². The van der Waals surface area contributed by atoms with Crippen LogP contribution in [0.4, 0.5) is 10.5 Å². The first kappa shape index (κ1) is 15.9. The normalized spacial score (nSPS) is 11.0. The quantitative estimate of drug-likeness (QED) is 0.911. The zero-order valence-corrected chi connectivity index (χ0v) is 13.3. The minimum Gasteiger partial charge on any atom is -0.338 e. The number of carbonyl (C=O) groups excluding carboxylic acids is 1. The summed E-state index contributed by atoms with van der Waals surface area (Å²) in [6, 6.07) is 7.71. The van der Waals surface area contributed by atoms with E-state index in [2.05, 4.69) is 41.4 Å². The summed E-state index contributed by atoms with van der Waals surface area (Å²) in [7, 11) is 0. The average molecular weight is 298 g/mol. The minimum atomic E-state index is -0.208. The molecule has 1 aromatic carbocycles. The molecule has 2 amide bonds. The highest BCUT2D eigenvalue weighted by molar-refractivity contribution is 5.89. The Bertz CT molecular complexity index is 603. The topological polar surface area (TPSA) is 66.9 Å². The van der Waals surface area contributed by atoms with Crippen molar-refractivity contribution in [2.45, 2.75) is 32.6 Å². The predicted molar refractivity (Wildman–Crippen MR) is 87.9 cm³/mol. The third-order valence-electron chi connectivity index (χ3n) is 3.32. The molecule has 0 saturated carbocycles. The lowest BCUT2D eigenvalue weighted by molar-refractivity contribution is 0.252. The predicted octanol–water partition coefficient (Wildman–Crippen LogP) is 3.14. The Hall–Kier alpha value is -2.43. The molecule has 0 atom stereocenters. The van der Waals surface area contributed by atoms with E-state index in [-0.39, 0.29) is 11.4 Å². The highest BCUT2D eigenvalue weighted by Gasteiger charge is 2.13. The molecule has 1 aromatic heterocycles. The maximum atomic E-state index is 11.8. The maximum Gasteiger partial charge on any atom is 0.319 e. The first-order valence-corrected chi connectivity index (χ1v) is 7.34. The largest absolute Gasteiger partial charge is 0.338 e. The van der Waals surface area contributed by atoms with Gasteiger partial charge in [0, 0.05) is 24.6 Å². The van der Waals surface area contributed by atoms with Gasteiger partial charge >= 0.3 is 6.03 Å². The van der Waals surface area contributed by atoms with Crippen molar-refractivity contribution >= 4 is 11.7 Å². The van der Waals surface area contributed by atoms with E-state index in [1.54, 1.807) is 12.4 Å². The number of aromatic nitrogens is 2. The summed E-state index contributed by atoms with van der Waals surface area (Å²) < 4.78 is 0. The van der Waals surface area contributed by atoms with E-state index < -0.39 is 0 Å². The van der Waals surface area contributed by atoms with Crippen LogP contribution in [0.3, 0.4) is 0 Å². The Balaban J connectivity index is 1.79. The van der Waals surface area contributed by atoms with Gasteiger partial charge in [-0.1, -0.05) is 32.9 Å². The minimum absolute atomic E-state index is 0.110. The van der Waals surface area contributed by atoms with Gasteiger partial charge in [-0.15, -0.1) is 0 Å². The standard InChI is InChI=1S/C17H22N4O/c1-17(2,3)14-4-6-15(7-5-14)21-16(22)20-9-8-13-10-18-12-19-11-13/h4-7,10-12H,8-9H2,1-3H3,(H2,20,21,22). The molecule has 5 nitrogen and oxygen atoms in total. The summed E-state index contributed by atoms with van der Waals surface area (Å²) >= 11 is 0. The van der Waals surface area contributed by atoms with E-state index in [0.29, 0.717) is 13.0 Å². The number of rotatable bonds is 4. The monoisotopic (exact) mass is 298 g/mol. The molecule has 1 heterocycles. The Labute approximate surface area is 131 Å². The van der Waals surface area contributed by atoms with E-state index in [4.69, 9.17) is 0 Å². The van der Waals surface area contributed by atoms with Gasteiger partial charge in [-0.25, -0.2) is 14.8 Å². The van der Waals surface area contributed by atoms with Crippen molar-refractivity contribution in [3.05, 3.63) is 54.1 Å². The number of nitrogens with zero attached hydrogens (tertiary/aromatic N) is 2. The van der Waals surface area contributed by atoms with E-state index in [1.807, 2.05) is 24.3 Å². The van der Waals surface area contributed by atoms with Crippen LogP contribution in [0.2, 0.25) is 0 Å². The lowest BCUT2D eigenvalue weighted by Gasteiger charge is -2.19. The number of anilines is 1. The summed E-state index contributed by atoms with van der Waals surface area (Å²) in [6.45, 7) is 7.03. The van der Waals surface area contributed by atoms with Gasteiger partial charge < -0.3 is 10.6 Å². The smallest absolute Gasteiger partial charge is 0.319 e. The fraction of sp³-hybridized carbons (Fsp3) is 0.353. The molecule has 0 aliphatic carbocycles. The van der Waals surface area contributed by atoms with E-state index >= 15 is 0 Å². The molecular weight excluding hydrogens is 276 g/mol. The molecule has 0 aliphatic rings. The van der Waals surface area contributed by atoms with Gasteiger partial charge in [0.25, 0.3) is 0 Å². The Morgan fingerprint density at radius 1 is 1.09 bits per heavy atom. The highest BCUT2D eigenvalue weighted by atomic mass is 16.2. The lowest BCUT2D eigenvalue weighted by atomic mass is 9.87. The maximum absolute atomic E-state index is 11.8. The molecule has 2 rings (SSSR count). The van der Waals surface area contributed by atoms with Crippen molar-refractivity contribution in [1.29, 1.82) is 0 Å². The zero-order valence-electron chi connectivity index (χ0n) is 13.3. The van der Waals surface area contributed by atoms with Crippen LogP contribution in [0.25, 0.3) is 0 Å². The van der Waals surface area contributed by atoms with Crippen molar-refractivity contribution < 1.29 is 4.79 Å². The number of hydrogen-bond acceptors (Lipinski definition) is 3. The molecule has 0 radical (unpaired) electrons. The summed E-state index contributed by atoms with van der Waals surface area (Å²) in [5.41, 5.74) is 3.13.